The lowest BCUT2D eigenvalue weighted by atomic mass is 10.1. The zero-order chi connectivity index (χ0) is 23.4. The van der Waals surface area contributed by atoms with Crippen molar-refractivity contribution in [2.45, 2.75) is 23.3 Å². The van der Waals surface area contributed by atoms with Crippen LogP contribution in [0.25, 0.3) is 0 Å². The van der Waals surface area contributed by atoms with Crippen LogP contribution < -0.4 is 10.6 Å². The van der Waals surface area contributed by atoms with Gasteiger partial charge in [-0.1, -0.05) is 69.2 Å². The van der Waals surface area contributed by atoms with Gasteiger partial charge in [-0.2, -0.15) is 47.9 Å². The van der Waals surface area contributed by atoms with Crippen molar-refractivity contribution in [2.24, 2.45) is 0 Å². The Balaban J connectivity index is 0.000000308. The molecule has 0 bridgehead atoms. The van der Waals surface area contributed by atoms with Crippen LogP contribution in [0.4, 0.5) is 39.5 Å². The first-order valence-electron chi connectivity index (χ1n) is 7.49. The van der Waals surface area contributed by atoms with E-state index in [1.807, 2.05) is 0 Å². The molecule has 0 radical (unpaired) electrons. The Hall–Kier alpha value is -1.85. The maximum Gasteiger partial charge on any atom is 0.460 e. The van der Waals surface area contributed by atoms with E-state index in [9.17, 15) is 47.9 Å². The molecule has 0 amide bonds. The van der Waals surface area contributed by atoms with E-state index in [4.69, 9.17) is 4.55 Å². The number of alkyl halides is 9. The fraction of sp³-hybridized carbons (Fsp3) is 0.250. The summed E-state index contributed by atoms with van der Waals surface area (Å²) in [4.78, 5) is 0. The lowest BCUT2D eigenvalue weighted by molar-refractivity contribution is -0.382. The SMILES string of the molecule is O=S(=O)(O)C(F)(F)C(F)(F)C(F)(F)C(F)(F)F.c1ccc(Pc2ccccc2)cc1. The second-order valence-corrected chi connectivity index (χ2v) is 8.36. The van der Waals surface area contributed by atoms with Crippen LogP contribution in [0.1, 0.15) is 0 Å². The molecule has 2 rings (SSSR count). The van der Waals surface area contributed by atoms with E-state index in [-0.39, 0.29) is 0 Å². The van der Waals surface area contributed by atoms with Crippen LogP contribution in [0.2, 0.25) is 0 Å². The van der Waals surface area contributed by atoms with Crippen LogP contribution in [-0.2, 0) is 10.1 Å². The predicted molar refractivity (Wildman–Crippen MR) is 92.9 cm³/mol. The third kappa shape index (κ3) is 5.64. The van der Waals surface area contributed by atoms with Gasteiger partial charge in [-0.15, -0.1) is 0 Å². The molecule has 0 saturated heterocycles. The van der Waals surface area contributed by atoms with Gasteiger partial charge in [0.2, 0.25) is 0 Å². The summed E-state index contributed by atoms with van der Waals surface area (Å²) in [6, 6.07) is 21.2. The Morgan fingerprint density at radius 3 is 1.23 bits per heavy atom. The lowest BCUT2D eigenvalue weighted by Crippen LogP contribution is -2.63. The fourth-order valence-electron chi connectivity index (χ4n) is 1.73. The Morgan fingerprint density at radius 1 is 0.633 bits per heavy atom. The molecule has 0 aliphatic rings. The van der Waals surface area contributed by atoms with Gasteiger partial charge in [0.25, 0.3) is 0 Å². The summed E-state index contributed by atoms with van der Waals surface area (Å²) in [5, 5.41) is -4.21. The standard InChI is InChI=1S/C12H11P.C4HF9O3S/c1-3-7-11(8-4-1)13-12-9-5-2-6-10-12;5-1(6,3(9,10)11)2(7,8)4(12,13)17(14,15)16/h1-10,13H;(H,14,15,16). The topological polar surface area (TPSA) is 54.4 Å². The minimum Gasteiger partial charge on any atom is -0.281 e. The van der Waals surface area contributed by atoms with Gasteiger partial charge in [0, 0.05) is 0 Å². The van der Waals surface area contributed by atoms with Gasteiger partial charge in [-0.05, 0) is 10.6 Å². The van der Waals surface area contributed by atoms with E-state index >= 15 is 0 Å². The van der Waals surface area contributed by atoms with Gasteiger partial charge in [-0.3, -0.25) is 4.55 Å². The third-order valence-corrected chi connectivity index (χ3v) is 5.42. The van der Waals surface area contributed by atoms with Crippen LogP contribution in [0, 0.1) is 0 Å². The molecule has 0 aliphatic heterocycles. The van der Waals surface area contributed by atoms with E-state index in [0.717, 1.165) is 8.58 Å². The van der Waals surface area contributed by atoms with Crippen molar-refractivity contribution in [1.82, 2.24) is 0 Å². The number of benzene rings is 2. The van der Waals surface area contributed by atoms with E-state index in [1.165, 1.54) is 10.6 Å². The highest BCUT2D eigenvalue weighted by atomic mass is 32.2. The average Bonchev–Trinajstić information content (AvgIpc) is 2.62. The predicted octanol–water partition coefficient (Wildman–Crippen LogP) is 4.62. The van der Waals surface area contributed by atoms with E-state index in [0.29, 0.717) is 0 Å². The molecular formula is C16H12F9O3PS. The molecule has 0 spiro atoms. The van der Waals surface area contributed by atoms with Crippen molar-refractivity contribution >= 4 is 29.3 Å². The number of halogens is 9. The van der Waals surface area contributed by atoms with Crippen LogP contribution in [0.3, 0.4) is 0 Å². The second-order valence-electron chi connectivity index (χ2n) is 5.50. The van der Waals surface area contributed by atoms with Crippen molar-refractivity contribution in [3.8, 4) is 0 Å². The summed E-state index contributed by atoms with van der Waals surface area (Å²) in [5.74, 6) is -14.7. The smallest absolute Gasteiger partial charge is 0.281 e. The van der Waals surface area contributed by atoms with Crippen molar-refractivity contribution in [2.75, 3.05) is 0 Å². The van der Waals surface area contributed by atoms with Crippen molar-refractivity contribution in [1.29, 1.82) is 0 Å². The molecule has 2 aromatic carbocycles. The summed E-state index contributed by atoms with van der Waals surface area (Å²) >= 11 is 0. The monoisotopic (exact) mass is 486 g/mol. The highest BCUT2D eigenvalue weighted by Crippen LogP contribution is 2.54. The van der Waals surface area contributed by atoms with Gasteiger partial charge in [0.05, 0.1) is 0 Å². The Labute approximate surface area is 166 Å². The first-order valence-corrected chi connectivity index (χ1v) is 9.93. The Bertz CT molecular complexity index is 880. The quantitative estimate of drug-likeness (QED) is 0.382. The normalized spacial score (nSPS) is 13.4. The fourth-order valence-corrected chi connectivity index (χ4v) is 3.24. The van der Waals surface area contributed by atoms with Gasteiger partial charge < -0.3 is 0 Å². The first-order chi connectivity index (χ1) is 13.4. The van der Waals surface area contributed by atoms with Crippen molar-refractivity contribution in [3.63, 3.8) is 0 Å². The minimum absolute atomic E-state index is 0.777. The lowest BCUT2D eigenvalue weighted by Gasteiger charge is -2.31. The Kier molecular flexibility index (Phi) is 7.95. The minimum atomic E-state index is -7.37. The zero-order valence-corrected chi connectivity index (χ0v) is 16.2. The van der Waals surface area contributed by atoms with Gasteiger partial charge in [0.15, 0.2) is 0 Å². The molecule has 30 heavy (non-hydrogen) atoms. The molecule has 168 valence electrons. The molecule has 2 aromatic rings. The largest absolute Gasteiger partial charge is 0.460 e. The zero-order valence-electron chi connectivity index (χ0n) is 14.3. The summed E-state index contributed by atoms with van der Waals surface area (Å²) < 4.78 is 134. The number of hydrogen-bond acceptors (Lipinski definition) is 2. The van der Waals surface area contributed by atoms with Crippen LogP contribution >= 0.6 is 8.58 Å². The molecule has 0 unspecified atom stereocenters. The summed E-state index contributed by atoms with van der Waals surface area (Å²) in [6.07, 6.45) is -7.13. The van der Waals surface area contributed by atoms with Gasteiger partial charge in [0.1, 0.15) is 0 Å². The van der Waals surface area contributed by atoms with Gasteiger partial charge in [-0.25, -0.2) is 0 Å². The molecule has 3 nitrogen and oxygen atoms in total. The van der Waals surface area contributed by atoms with Crippen molar-refractivity contribution in [3.05, 3.63) is 60.7 Å². The molecule has 0 atom stereocenters. The summed E-state index contributed by atoms with van der Waals surface area (Å²) in [5.41, 5.74) is 0. The van der Waals surface area contributed by atoms with Crippen LogP contribution in [0.5, 0.6) is 0 Å². The summed E-state index contributed by atoms with van der Waals surface area (Å²) in [6.45, 7) is 0. The van der Waals surface area contributed by atoms with E-state index in [1.54, 1.807) is 0 Å². The third-order valence-electron chi connectivity index (χ3n) is 3.28. The second kappa shape index (κ2) is 9.11. The molecule has 14 heteroatoms. The van der Waals surface area contributed by atoms with Crippen molar-refractivity contribution < 1.29 is 52.5 Å². The molecule has 1 N–H and O–H groups in total. The van der Waals surface area contributed by atoms with E-state index < -0.39 is 33.4 Å². The first kappa shape index (κ1) is 26.2. The Morgan fingerprint density at radius 2 is 0.967 bits per heavy atom. The van der Waals surface area contributed by atoms with Crippen LogP contribution in [-0.4, -0.2) is 36.2 Å². The highest BCUT2D eigenvalue weighted by molar-refractivity contribution is 7.87. The molecule has 0 saturated carbocycles. The molecule has 0 aromatic heterocycles. The van der Waals surface area contributed by atoms with Gasteiger partial charge >= 0.3 is 33.4 Å². The number of rotatable bonds is 5. The maximum atomic E-state index is 12.2. The maximum absolute atomic E-state index is 12.2. The number of hydrogen-bond donors (Lipinski definition) is 1. The average molecular weight is 486 g/mol. The molecular weight excluding hydrogens is 474 g/mol. The van der Waals surface area contributed by atoms with Crippen LogP contribution in [0.15, 0.2) is 60.7 Å². The van der Waals surface area contributed by atoms with E-state index in [2.05, 4.69) is 60.7 Å². The molecule has 0 fully saturated rings. The molecule has 0 heterocycles. The summed E-state index contributed by atoms with van der Waals surface area (Å²) in [7, 11) is -6.39. The molecule has 0 aliphatic carbocycles. The highest BCUT2D eigenvalue weighted by Gasteiger charge is 2.85.